The Labute approximate surface area is 112 Å². The minimum atomic E-state index is 0.479. The summed E-state index contributed by atoms with van der Waals surface area (Å²) in [7, 11) is 1.91. The van der Waals surface area contributed by atoms with E-state index in [1.165, 1.54) is 6.33 Å². The number of hydrogen-bond donors (Lipinski definition) is 2. The van der Waals surface area contributed by atoms with Crippen molar-refractivity contribution in [3.05, 3.63) is 36.4 Å². The molecule has 0 atom stereocenters. The van der Waals surface area contributed by atoms with Crippen LogP contribution >= 0.6 is 0 Å². The normalized spacial score (nSPS) is 9.89. The molecule has 6 nitrogen and oxygen atoms in total. The minimum Gasteiger partial charge on any atom is -0.367 e. The highest BCUT2D eigenvalue weighted by Gasteiger charge is 2.04. The summed E-state index contributed by atoms with van der Waals surface area (Å²) in [6.07, 6.45) is 5.83. The molecule has 0 saturated heterocycles. The molecule has 19 heavy (non-hydrogen) atoms. The maximum Gasteiger partial charge on any atom is 0.133 e. The van der Waals surface area contributed by atoms with Gasteiger partial charge in [0.1, 0.15) is 18.0 Å². The van der Waals surface area contributed by atoms with Crippen LogP contribution in [0.5, 0.6) is 0 Å². The Bertz CT molecular complexity index is 543. The largest absolute Gasteiger partial charge is 0.367 e. The van der Waals surface area contributed by atoms with Gasteiger partial charge in [-0.25, -0.2) is 9.97 Å². The summed E-state index contributed by atoms with van der Waals surface area (Å²) >= 11 is 0. The van der Waals surface area contributed by atoms with Crippen LogP contribution in [-0.2, 0) is 6.54 Å². The predicted molar refractivity (Wildman–Crippen MR) is 73.7 cm³/mol. The van der Waals surface area contributed by atoms with Crippen molar-refractivity contribution in [3.63, 3.8) is 0 Å². The second-order valence-corrected chi connectivity index (χ2v) is 4.16. The molecule has 2 N–H and O–H groups in total. The molecule has 0 saturated carbocycles. The highest BCUT2D eigenvalue weighted by Crippen LogP contribution is 2.13. The van der Waals surface area contributed by atoms with Gasteiger partial charge in [-0.05, 0) is 11.6 Å². The van der Waals surface area contributed by atoms with Gasteiger partial charge in [-0.3, -0.25) is 0 Å². The van der Waals surface area contributed by atoms with Gasteiger partial charge < -0.3 is 15.2 Å². The Kier molecular flexibility index (Phi) is 4.34. The first-order chi connectivity index (χ1) is 9.29. The van der Waals surface area contributed by atoms with Crippen molar-refractivity contribution in [2.45, 2.75) is 13.0 Å². The third kappa shape index (κ3) is 3.71. The molecular formula is C13H16N6. The van der Waals surface area contributed by atoms with E-state index in [1.54, 1.807) is 0 Å². The Morgan fingerprint density at radius 2 is 2.37 bits per heavy atom. The summed E-state index contributed by atoms with van der Waals surface area (Å²) in [6.45, 7) is 1.37. The average molecular weight is 256 g/mol. The van der Waals surface area contributed by atoms with Crippen molar-refractivity contribution in [1.29, 1.82) is 5.26 Å². The zero-order chi connectivity index (χ0) is 13.5. The minimum absolute atomic E-state index is 0.479. The van der Waals surface area contributed by atoms with Gasteiger partial charge in [0.2, 0.25) is 0 Å². The monoisotopic (exact) mass is 256 g/mol. The van der Waals surface area contributed by atoms with Crippen molar-refractivity contribution in [1.82, 2.24) is 15.0 Å². The topological polar surface area (TPSA) is 80.6 Å². The molecule has 0 spiro atoms. The molecule has 2 rings (SSSR count). The van der Waals surface area contributed by atoms with Crippen LogP contribution in [0, 0.1) is 11.3 Å². The van der Waals surface area contributed by atoms with Crippen molar-refractivity contribution in [3.8, 4) is 6.07 Å². The van der Waals surface area contributed by atoms with Gasteiger partial charge >= 0.3 is 0 Å². The summed E-state index contributed by atoms with van der Waals surface area (Å²) in [4.78, 5) is 13.3. The van der Waals surface area contributed by atoms with E-state index >= 15 is 0 Å². The number of rotatable bonds is 6. The molecule has 0 unspecified atom stereocenters. The highest BCUT2D eigenvalue weighted by molar-refractivity contribution is 5.48. The number of hydrogen-bond acceptors (Lipinski definition) is 5. The number of aromatic amines is 1. The number of H-pyrrole nitrogens is 1. The molecule has 98 valence electrons. The average Bonchev–Trinajstić information content (AvgIpc) is 2.96. The molecule has 0 bridgehead atoms. The zero-order valence-electron chi connectivity index (χ0n) is 10.8. The van der Waals surface area contributed by atoms with Crippen molar-refractivity contribution >= 4 is 11.6 Å². The standard InChI is InChI=1S/C13H16N6/c1-19(6-2-4-14)13-7-12(17-10-18-13)16-9-11-3-5-15-8-11/h3,5,7-8,10,15H,2,6,9H2,1H3,(H,16,17,18). The van der Waals surface area contributed by atoms with E-state index in [9.17, 15) is 0 Å². The second kappa shape index (κ2) is 6.40. The third-order valence-corrected chi connectivity index (χ3v) is 2.74. The molecule has 6 heteroatoms. The zero-order valence-corrected chi connectivity index (χ0v) is 10.8. The van der Waals surface area contributed by atoms with Crippen molar-refractivity contribution in [2.75, 3.05) is 23.8 Å². The summed E-state index contributed by atoms with van der Waals surface area (Å²) in [5.74, 6) is 1.58. The lowest BCUT2D eigenvalue weighted by Crippen LogP contribution is -2.19. The van der Waals surface area contributed by atoms with E-state index < -0.39 is 0 Å². The lowest BCUT2D eigenvalue weighted by molar-refractivity contribution is 0.879. The quantitative estimate of drug-likeness (QED) is 0.823. The maximum atomic E-state index is 8.58. The van der Waals surface area contributed by atoms with Crippen LogP contribution < -0.4 is 10.2 Å². The molecular weight excluding hydrogens is 240 g/mol. The predicted octanol–water partition coefficient (Wildman–Crippen LogP) is 1.77. The summed E-state index contributed by atoms with van der Waals surface area (Å²) < 4.78 is 0. The molecule has 0 aliphatic rings. The number of anilines is 2. The number of aromatic nitrogens is 3. The molecule has 2 aromatic rings. The Balaban J connectivity index is 1.96. The van der Waals surface area contributed by atoms with Crippen LogP contribution in [0.3, 0.4) is 0 Å². The van der Waals surface area contributed by atoms with E-state index in [1.807, 2.05) is 36.5 Å². The van der Waals surface area contributed by atoms with Crippen molar-refractivity contribution in [2.24, 2.45) is 0 Å². The Hall–Kier alpha value is -2.55. The Morgan fingerprint density at radius 3 is 3.11 bits per heavy atom. The van der Waals surface area contributed by atoms with E-state index in [2.05, 4.69) is 26.3 Å². The number of nitrogens with zero attached hydrogens (tertiary/aromatic N) is 4. The smallest absolute Gasteiger partial charge is 0.133 e. The highest BCUT2D eigenvalue weighted by atomic mass is 15.2. The molecule has 0 fully saturated rings. The first-order valence-electron chi connectivity index (χ1n) is 6.05. The van der Waals surface area contributed by atoms with Gasteiger partial charge in [-0.15, -0.1) is 0 Å². The molecule has 0 aliphatic carbocycles. The van der Waals surface area contributed by atoms with Gasteiger partial charge in [0, 0.05) is 38.6 Å². The van der Waals surface area contributed by atoms with Crippen LogP contribution in [0.15, 0.2) is 30.9 Å². The van der Waals surface area contributed by atoms with Crippen LogP contribution in [-0.4, -0.2) is 28.5 Å². The lowest BCUT2D eigenvalue weighted by Gasteiger charge is -2.16. The molecule has 2 heterocycles. The molecule has 0 aromatic carbocycles. The first-order valence-corrected chi connectivity index (χ1v) is 6.05. The van der Waals surface area contributed by atoms with Gasteiger partial charge in [-0.1, -0.05) is 0 Å². The van der Waals surface area contributed by atoms with Crippen LogP contribution in [0.1, 0.15) is 12.0 Å². The van der Waals surface area contributed by atoms with Crippen LogP contribution in [0.25, 0.3) is 0 Å². The van der Waals surface area contributed by atoms with Gasteiger partial charge in [0.25, 0.3) is 0 Å². The van der Waals surface area contributed by atoms with Crippen LogP contribution in [0.2, 0.25) is 0 Å². The first kappa shape index (κ1) is 12.9. The van der Waals surface area contributed by atoms with E-state index in [4.69, 9.17) is 5.26 Å². The molecule has 0 aliphatic heterocycles. The van der Waals surface area contributed by atoms with Crippen molar-refractivity contribution < 1.29 is 0 Å². The van der Waals surface area contributed by atoms with Gasteiger partial charge in [-0.2, -0.15) is 5.26 Å². The SMILES string of the molecule is CN(CCC#N)c1cc(NCc2cc[nH]c2)ncn1. The summed E-state index contributed by atoms with van der Waals surface area (Å²) in [5, 5.41) is 11.8. The maximum absolute atomic E-state index is 8.58. The van der Waals surface area contributed by atoms with Gasteiger partial charge in [0.15, 0.2) is 0 Å². The summed E-state index contributed by atoms with van der Waals surface area (Å²) in [5.41, 5.74) is 1.16. The second-order valence-electron chi connectivity index (χ2n) is 4.16. The fourth-order valence-electron chi connectivity index (χ4n) is 1.65. The number of nitriles is 1. The van der Waals surface area contributed by atoms with E-state index in [0.29, 0.717) is 19.5 Å². The van der Waals surface area contributed by atoms with E-state index in [0.717, 1.165) is 17.2 Å². The third-order valence-electron chi connectivity index (χ3n) is 2.74. The fraction of sp³-hybridized carbons (Fsp3) is 0.308. The fourth-order valence-corrected chi connectivity index (χ4v) is 1.65. The summed E-state index contributed by atoms with van der Waals surface area (Å²) in [6, 6.07) is 6.01. The van der Waals surface area contributed by atoms with E-state index in [-0.39, 0.29) is 0 Å². The Morgan fingerprint density at radius 1 is 1.47 bits per heavy atom. The number of nitrogens with one attached hydrogen (secondary N) is 2. The molecule has 0 amide bonds. The van der Waals surface area contributed by atoms with Gasteiger partial charge in [0.05, 0.1) is 12.5 Å². The van der Waals surface area contributed by atoms with Crippen LogP contribution in [0.4, 0.5) is 11.6 Å². The lowest BCUT2D eigenvalue weighted by atomic mass is 10.3. The molecule has 2 aromatic heterocycles. The molecule has 0 radical (unpaired) electrons.